The van der Waals surface area contributed by atoms with Crippen LogP contribution in [0.4, 0.5) is 0 Å². The molecule has 0 unspecified atom stereocenters. The average molecular weight is 389 g/mol. The lowest BCUT2D eigenvalue weighted by Gasteiger charge is -2.42. The number of nitrogens with one attached hydrogen (secondary N) is 1. The molecule has 2 aliphatic rings. The molecule has 2 aliphatic heterocycles. The summed E-state index contributed by atoms with van der Waals surface area (Å²) in [5.74, 6) is 1.38. The predicted molar refractivity (Wildman–Crippen MR) is 110 cm³/mol. The van der Waals surface area contributed by atoms with Crippen molar-refractivity contribution < 1.29 is 0 Å². The van der Waals surface area contributed by atoms with Gasteiger partial charge in [-0.1, -0.05) is 6.07 Å². The summed E-state index contributed by atoms with van der Waals surface area (Å²) in [6.07, 6.45) is 4.63. The molecule has 5 rings (SSSR count). The SMILES string of the molecule is Cc1nc(CN2C[C@@H]3C[C@H](C2)c2cc(-c4cccnc4)cc(=O)n2C3)cc(=O)[nH]1. The number of H-pyrrole nitrogens is 1. The largest absolute Gasteiger partial charge is 0.312 e. The molecule has 7 heteroatoms. The molecule has 0 radical (unpaired) electrons. The van der Waals surface area contributed by atoms with Gasteiger partial charge < -0.3 is 9.55 Å². The molecule has 2 bridgehead atoms. The van der Waals surface area contributed by atoms with E-state index in [2.05, 4.69) is 25.9 Å². The Kier molecular flexibility index (Phi) is 4.39. The Balaban J connectivity index is 1.45. The first-order valence-electron chi connectivity index (χ1n) is 9.99. The minimum absolute atomic E-state index is 0.0661. The van der Waals surface area contributed by atoms with E-state index in [1.54, 1.807) is 31.5 Å². The number of rotatable bonds is 3. The molecule has 3 aromatic rings. The maximum Gasteiger partial charge on any atom is 0.251 e. The lowest BCUT2D eigenvalue weighted by atomic mass is 9.82. The van der Waals surface area contributed by atoms with Crippen LogP contribution in [0.2, 0.25) is 0 Å². The number of aromatic nitrogens is 4. The van der Waals surface area contributed by atoms with Crippen molar-refractivity contribution in [1.82, 2.24) is 24.4 Å². The van der Waals surface area contributed by atoms with Gasteiger partial charge in [-0.3, -0.25) is 19.5 Å². The van der Waals surface area contributed by atoms with Crippen molar-refractivity contribution in [3.05, 3.63) is 80.6 Å². The van der Waals surface area contributed by atoms with Gasteiger partial charge in [0.2, 0.25) is 0 Å². The van der Waals surface area contributed by atoms with Gasteiger partial charge in [-0.15, -0.1) is 0 Å². The molecular formula is C22H23N5O2. The van der Waals surface area contributed by atoms with E-state index in [9.17, 15) is 9.59 Å². The molecule has 5 heterocycles. The molecule has 0 amide bonds. The topological polar surface area (TPSA) is 83.9 Å². The predicted octanol–water partition coefficient (Wildman–Crippen LogP) is 1.92. The highest BCUT2D eigenvalue weighted by Gasteiger charge is 2.35. The van der Waals surface area contributed by atoms with E-state index in [1.165, 1.54) is 0 Å². The van der Waals surface area contributed by atoms with Gasteiger partial charge in [-0.05, 0) is 37.0 Å². The molecule has 148 valence electrons. The molecule has 29 heavy (non-hydrogen) atoms. The lowest BCUT2D eigenvalue weighted by Crippen LogP contribution is -2.46. The highest BCUT2D eigenvalue weighted by molar-refractivity contribution is 5.62. The van der Waals surface area contributed by atoms with Gasteiger partial charge in [0.05, 0.1) is 5.69 Å². The van der Waals surface area contributed by atoms with Crippen LogP contribution in [0.1, 0.15) is 29.6 Å². The molecule has 2 atom stereocenters. The quantitative estimate of drug-likeness (QED) is 0.740. The molecule has 1 fully saturated rings. The fourth-order valence-electron chi connectivity index (χ4n) is 4.84. The summed E-state index contributed by atoms with van der Waals surface area (Å²) >= 11 is 0. The lowest BCUT2D eigenvalue weighted by molar-refractivity contribution is 0.113. The smallest absolute Gasteiger partial charge is 0.251 e. The summed E-state index contributed by atoms with van der Waals surface area (Å²) in [6, 6.07) is 9.33. The molecule has 1 N–H and O–H groups in total. The summed E-state index contributed by atoms with van der Waals surface area (Å²) < 4.78 is 1.95. The highest BCUT2D eigenvalue weighted by atomic mass is 16.1. The number of pyridine rings is 2. The minimum Gasteiger partial charge on any atom is -0.312 e. The normalized spacial score (nSPS) is 21.0. The van der Waals surface area contributed by atoms with Crippen LogP contribution in [0.25, 0.3) is 11.1 Å². The molecule has 1 saturated heterocycles. The molecular weight excluding hydrogens is 366 g/mol. The molecule has 7 nitrogen and oxygen atoms in total. The third kappa shape index (κ3) is 3.53. The van der Waals surface area contributed by atoms with Gasteiger partial charge in [-0.25, -0.2) is 4.98 Å². The Labute approximate surface area is 168 Å². The number of hydrogen-bond donors (Lipinski definition) is 1. The zero-order chi connectivity index (χ0) is 20.0. The monoisotopic (exact) mass is 389 g/mol. The van der Waals surface area contributed by atoms with E-state index in [1.807, 2.05) is 16.7 Å². The molecule has 0 aromatic carbocycles. The summed E-state index contributed by atoms with van der Waals surface area (Å²) in [4.78, 5) is 38.3. The highest BCUT2D eigenvalue weighted by Crippen LogP contribution is 2.36. The van der Waals surface area contributed by atoms with E-state index >= 15 is 0 Å². The fourth-order valence-corrected chi connectivity index (χ4v) is 4.84. The number of aryl methyl sites for hydroxylation is 1. The van der Waals surface area contributed by atoms with Crippen molar-refractivity contribution >= 4 is 0 Å². The number of aromatic amines is 1. The summed E-state index contributed by atoms with van der Waals surface area (Å²) in [6.45, 7) is 4.99. The van der Waals surface area contributed by atoms with Crippen molar-refractivity contribution in [2.45, 2.75) is 32.4 Å². The Morgan fingerprint density at radius 3 is 2.83 bits per heavy atom. The summed E-state index contributed by atoms with van der Waals surface area (Å²) in [7, 11) is 0. The van der Waals surface area contributed by atoms with Crippen molar-refractivity contribution in [1.29, 1.82) is 0 Å². The van der Waals surface area contributed by atoms with Crippen molar-refractivity contribution in [2.75, 3.05) is 13.1 Å². The Bertz CT molecular complexity index is 1170. The van der Waals surface area contributed by atoms with Crippen molar-refractivity contribution in [2.24, 2.45) is 5.92 Å². The average Bonchev–Trinajstić information content (AvgIpc) is 2.68. The van der Waals surface area contributed by atoms with Crippen LogP contribution in [0, 0.1) is 12.8 Å². The van der Waals surface area contributed by atoms with Gasteiger partial charge in [0, 0.05) is 67.9 Å². The Morgan fingerprint density at radius 1 is 1.14 bits per heavy atom. The maximum absolute atomic E-state index is 12.8. The second-order valence-corrected chi connectivity index (χ2v) is 8.17. The van der Waals surface area contributed by atoms with Crippen LogP contribution < -0.4 is 11.1 Å². The third-order valence-electron chi connectivity index (χ3n) is 5.93. The fraction of sp³-hybridized carbons (Fsp3) is 0.364. The summed E-state index contributed by atoms with van der Waals surface area (Å²) in [5, 5.41) is 0. The number of fused-ring (bicyclic) bond motifs is 4. The first-order valence-corrected chi connectivity index (χ1v) is 9.99. The number of likely N-dealkylation sites (tertiary alicyclic amines) is 1. The van der Waals surface area contributed by atoms with Crippen LogP contribution in [-0.4, -0.2) is 37.5 Å². The zero-order valence-corrected chi connectivity index (χ0v) is 16.3. The molecule has 0 spiro atoms. The molecule has 0 saturated carbocycles. The van der Waals surface area contributed by atoms with E-state index in [0.29, 0.717) is 24.2 Å². The van der Waals surface area contributed by atoms with E-state index < -0.39 is 0 Å². The number of piperidine rings is 1. The van der Waals surface area contributed by atoms with Gasteiger partial charge in [-0.2, -0.15) is 0 Å². The number of hydrogen-bond acceptors (Lipinski definition) is 5. The maximum atomic E-state index is 12.8. The van der Waals surface area contributed by atoms with Gasteiger partial charge in [0.25, 0.3) is 11.1 Å². The number of nitrogens with zero attached hydrogens (tertiary/aromatic N) is 4. The van der Waals surface area contributed by atoms with E-state index in [0.717, 1.165) is 48.6 Å². The van der Waals surface area contributed by atoms with E-state index in [4.69, 9.17) is 0 Å². The van der Waals surface area contributed by atoms with Crippen LogP contribution in [0.5, 0.6) is 0 Å². The van der Waals surface area contributed by atoms with Crippen LogP contribution in [0.15, 0.2) is 52.3 Å². The standard InChI is InChI=1S/C22H23N5O2/c1-14-24-19(8-21(28)25-14)13-26-10-15-5-18(12-26)20-6-17(7-22(29)27(20)11-15)16-3-2-4-23-9-16/h2-4,6-9,15,18H,5,10-13H2,1H3,(H,24,25,28)/t15-,18+/m0/s1. The Morgan fingerprint density at radius 2 is 2.03 bits per heavy atom. The summed E-state index contributed by atoms with van der Waals surface area (Å²) in [5.41, 5.74) is 3.75. The Hall–Kier alpha value is -3.06. The molecule has 3 aromatic heterocycles. The first-order chi connectivity index (χ1) is 14.0. The third-order valence-corrected chi connectivity index (χ3v) is 5.93. The van der Waals surface area contributed by atoms with Crippen molar-refractivity contribution in [3.8, 4) is 11.1 Å². The molecule has 0 aliphatic carbocycles. The first kappa shape index (κ1) is 18.0. The van der Waals surface area contributed by atoms with Gasteiger partial charge in [0.15, 0.2) is 0 Å². The van der Waals surface area contributed by atoms with Gasteiger partial charge in [0.1, 0.15) is 5.82 Å². The van der Waals surface area contributed by atoms with Crippen LogP contribution in [-0.2, 0) is 13.1 Å². The minimum atomic E-state index is -0.109. The van der Waals surface area contributed by atoms with Crippen LogP contribution in [0.3, 0.4) is 0 Å². The van der Waals surface area contributed by atoms with E-state index in [-0.39, 0.29) is 11.1 Å². The second-order valence-electron chi connectivity index (χ2n) is 8.17. The zero-order valence-electron chi connectivity index (χ0n) is 16.3. The van der Waals surface area contributed by atoms with Gasteiger partial charge >= 0.3 is 0 Å². The van der Waals surface area contributed by atoms with Crippen LogP contribution >= 0.6 is 0 Å². The second kappa shape index (κ2) is 7.08. The van der Waals surface area contributed by atoms with Crippen molar-refractivity contribution in [3.63, 3.8) is 0 Å².